The molecule has 0 bridgehead atoms. The van der Waals surface area contributed by atoms with Crippen LogP contribution in [0.3, 0.4) is 0 Å². The highest BCUT2D eigenvalue weighted by atomic mass is 35.5. The van der Waals surface area contributed by atoms with E-state index < -0.39 is 0 Å². The topological polar surface area (TPSA) is 45.5 Å². The molecule has 2 aliphatic rings. The van der Waals surface area contributed by atoms with Gasteiger partial charge in [0.25, 0.3) is 0 Å². The number of halogens is 1. The third kappa shape index (κ3) is 2.25. The summed E-state index contributed by atoms with van der Waals surface area (Å²) < 4.78 is 5.48. The molecule has 19 heavy (non-hydrogen) atoms. The molecular formula is C14H17ClN2O2. The first-order valence-corrected chi connectivity index (χ1v) is 7.00. The van der Waals surface area contributed by atoms with Crippen molar-refractivity contribution in [3.05, 3.63) is 23.0 Å². The van der Waals surface area contributed by atoms with Crippen LogP contribution in [0.25, 0.3) is 10.7 Å². The van der Waals surface area contributed by atoms with Gasteiger partial charge in [0.2, 0.25) is 5.91 Å². The number of fused-ring (bicyclic) bond motifs is 2. The minimum absolute atomic E-state index is 0.0183. The van der Waals surface area contributed by atoms with Crippen molar-refractivity contribution < 1.29 is 9.21 Å². The Morgan fingerprint density at radius 1 is 1.63 bits per heavy atom. The summed E-state index contributed by atoms with van der Waals surface area (Å²) in [6.45, 7) is 4.08. The van der Waals surface area contributed by atoms with Gasteiger partial charge < -0.3 is 14.6 Å². The second-order valence-electron chi connectivity index (χ2n) is 5.11. The zero-order valence-electron chi connectivity index (χ0n) is 10.9. The van der Waals surface area contributed by atoms with E-state index in [0.29, 0.717) is 12.5 Å². The number of nitrogens with one attached hydrogen (secondary N) is 1. The van der Waals surface area contributed by atoms with Gasteiger partial charge in [0.05, 0.1) is 11.3 Å². The summed E-state index contributed by atoms with van der Waals surface area (Å²) in [5.41, 5.74) is 2.15. The van der Waals surface area contributed by atoms with Gasteiger partial charge in [0, 0.05) is 43.4 Å². The van der Waals surface area contributed by atoms with Crippen molar-refractivity contribution in [1.82, 2.24) is 10.2 Å². The first-order chi connectivity index (χ1) is 9.16. The van der Waals surface area contributed by atoms with Gasteiger partial charge in [-0.3, -0.25) is 4.79 Å². The van der Waals surface area contributed by atoms with E-state index in [4.69, 9.17) is 16.0 Å². The van der Waals surface area contributed by atoms with Crippen molar-refractivity contribution in [2.45, 2.75) is 19.8 Å². The fourth-order valence-electron chi connectivity index (χ4n) is 3.05. The molecule has 1 aliphatic heterocycles. The molecule has 0 saturated carbocycles. The van der Waals surface area contributed by atoms with Gasteiger partial charge in [0.15, 0.2) is 0 Å². The third-order valence-electron chi connectivity index (χ3n) is 3.84. The summed E-state index contributed by atoms with van der Waals surface area (Å²) in [7, 11) is 0. The van der Waals surface area contributed by atoms with Gasteiger partial charge in [-0.05, 0) is 18.9 Å². The van der Waals surface area contributed by atoms with Crippen LogP contribution in [0.4, 0.5) is 0 Å². The van der Waals surface area contributed by atoms with E-state index >= 15 is 0 Å². The molecule has 1 fully saturated rings. The molecule has 1 aromatic heterocycles. The number of carbonyl (C=O) groups is 1. The van der Waals surface area contributed by atoms with Crippen molar-refractivity contribution in [1.29, 1.82) is 0 Å². The number of rotatable bonds is 3. The highest BCUT2D eigenvalue weighted by Gasteiger charge is 2.32. The quantitative estimate of drug-likeness (QED) is 0.882. The molecule has 5 heteroatoms. The number of amides is 1. The second-order valence-corrected chi connectivity index (χ2v) is 5.57. The molecule has 1 aliphatic carbocycles. The third-order valence-corrected chi connectivity index (χ3v) is 4.17. The summed E-state index contributed by atoms with van der Waals surface area (Å²) in [6.07, 6.45) is 3.69. The molecule has 0 radical (unpaired) electrons. The minimum atomic E-state index is 0.0183. The maximum atomic E-state index is 10.9. The van der Waals surface area contributed by atoms with E-state index in [1.807, 2.05) is 6.07 Å². The van der Waals surface area contributed by atoms with Crippen LogP contribution < -0.4 is 16.0 Å². The van der Waals surface area contributed by atoms with Crippen LogP contribution in [-0.2, 0) is 4.79 Å². The molecule has 3 rings (SSSR count). The molecular weight excluding hydrogens is 264 g/mol. The van der Waals surface area contributed by atoms with Crippen molar-refractivity contribution in [3.63, 3.8) is 0 Å². The van der Waals surface area contributed by atoms with Crippen molar-refractivity contribution in [2.24, 2.45) is 5.92 Å². The number of hydrogen-bond donors (Lipinski definition) is 1. The first-order valence-electron chi connectivity index (χ1n) is 6.62. The van der Waals surface area contributed by atoms with E-state index in [2.05, 4.69) is 10.2 Å². The van der Waals surface area contributed by atoms with Crippen LogP contribution in [0.1, 0.15) is 19.8 Å². The van der Waals surface area contributed by atoms with Crippen LogP contribution in [-0.4, -0.2) is 30.4 Å². The van der Waals surface area contributed by atoms with E-state index in [1.165, 1.54) is 5.70 Å². The number of furan rings is 1. The molecule has 0 spiro atoms. The maximum absolute atomic E-state index is 10.9. The normalized spacial score (nSPS) is 21.4. The Kier molecular flexibility index (Phi) is 3.27. The van der Waals surface area contributed by atoms with Gasteiger partial charge in [-0.15, -0.1) is 0 Å². The van der Waals surface area contributed by atoms with Gasteiger partial charge in [-0.2, -0.15) is 0 Å². The van der Waals surface area contributed by atoms with Crippen LogP contribution in [0.5, 0.6) is 0 Å². The summed E-state index contributed by atoms with van der Waals surface area (Å²) >= 11 is 6.28. The smallest absolute Gasteiger partial charge is 0.216 e. The number of nitrogens with zero attached hydrogens (tertiary/aromatic N) is 1. The van der Waals surface area contributed by atoms with Crippen molar-refractivity contribution >= 4 is 28.2 Å². The summed E-state index contributed by atoms with van der Waals surface area (Å²) in [5, 5.41) is 4.80. The Bertz CT molecular complexity index is 620. The Hall–Kier alpha value is -1.42. The molecule has 1 amide bonds. The largest absolute Gasteiger partial charge is 0.463 e. The molecule has 4 nitrogen and oxygen atoms in total. The van der Waals surface area contributed by atoms with E-state index in [0.717, 1.165) is 41.6 Å². The highest BCUT2D eigenvalue weighted by molar-refractivity contribution is 6.45. The molecule has 1 aromatic rings. The SMILES string of the molecule is CC(=O)NCCN1CCC2CC(Cl)=c3occc3=C21. The molecule has 2 heterocycles. The van der Waals surface area contributed by atoms with Gasteiger partial charge >= 0.3 is 0 Å². The fourth-order valence-corrected chi connectivity index (χ4v) is 3.38. The molecule has 1 atom stereocenters. The predicted octanol–water partition coefficient (Wildman–Crippen LogP) is 0.596. The zero-order valence-corrected chi connectivity index (χ0v) is 11.7. The van der Waals surface area contributed by atoms with Gasteiger partial charge in [-0.25, -0.2) is 0 Å². The lowest BCUT2D eigenvalue weighted by atomic mass is 9.96. The molecule has 1 saturated heterocycles. The standard InChI is InChI=1S/C14H17ClN2O2/c1-9(18)16-4-6-17-5-2-10-8-12(15)14-11(13(10)17)3-7-19-14/h3,7,10H,2,4-6,8H2,1H3,(H,16,18). The second kappa shape index (κ2) is 4.93. The van der Waals surface area contributed by atoms with E-state index in [9.17, 15) is 4.79 Å². The predicted molar refractivity (Wildman–Crippen MR) is 73.6 cm³/mol. The first kappa shape index (κ1) is 12.6. The van der Waals surface area contributed by atoms with Gasteiger partial charge in [-0.1, -0.05) is 11.6 Å². The lowest BCUT2D eigenvalue weighted by Gasteiger charge is -2.24. The van der Waals surface area contributed by atoms with Crippen LogP contribution in [0.2, 0.25) is 0 Å². The summed E-state index contributed by atoms with van der Waals surface area (Å²) in [4.78, 5) is 13.3. The van der Waals surface area contributed by atoms with Crippen LogP contribution in [0, 0.1) is 5.92 Å². The van der Waals surface area contributed by atoms with E-state index in [1.54, 1.807) is 13.2 Å². The maximum Gasteiger partial charge on any atom is 0.216 e. The monoisotopic (exact) mass is 280 g/mol. The zero-order chi connectivity index (χ0) is 13.4. The summed E-state index contributed by atoms with van der Waals surface area (Å²) in [5.74, 6) is 0.514. The Balaban J connectivity index is 1.90. The fraction of sp³-hybridized carbons (Fsp3) is 0.500. The Morgan fingerprint density at radius 3 is 3.26 bits per heavy atom. The van der Waals surface area contributed by atoms with E-state index in [-0.39, 0.29) is 5.91 Å². The number of likely N-dealkylation sites (tertiary alicyclic amines) is 1. The number of carbonyl (C=O) groups excluding carboxylic acids is 1. The summed E-state index contributed by atoms with van der Waals surface area (Å²) in [6, 6.07) is 2.00. The highest BCUT2D eigenvalue weighted by Crippen LogP contribution is 2.35. The van der Waals surface area contributed by atoms with Crippen molar-refractivity contribution in [3.8, 4) is 0 Å². The Labute approximate surface area is 116 Å². The number of hydrogen-bond acceptors (Lipinski definition) is 3. The van der Waals surface area contributed by atoms with Crippen LogP contribution in [0.15, 0.2) is 16.7 Å². The molecule has 0 aromatic carbocycles. The van der Waals surface area contributed by atoms with Gasteiger partial charge in [0.1, 0.15) is 5.42 Å². The average molecular weight is 281 g/mol. The lowest BCUT2D eigenvalue weighted by molar-refractivity contribution is -0.118. The molecule has 1 unspecified atom stereocenters. The van der Waals surface area contributed by atoms with Crippen LogP contribution >= 0.6 is 11.6 Å². The molecule has 102 valence electrons. The average Bonchev–Trinajstić information content (AvgIpc) is 2.95. The van der Waals surface area contributed by atoms with Crippen molar-refractivity contribution in [2.75, 3.05) is 19.6 Å². The lowest BCUT2D eigenvalue weighted by Crippen LogP contribution is -2.38. The molecule has 1 N–H and O–H groups in total. The Morgan fingerprint density at radius 2 is 2.47 bits per heavy atom. The minimum Gasteiger partial charge on any atom is -0.463 e.